The average Bonchev–Trinajstić information content (AvgIpc) is 2.66. The van der Waals surface area contributed by atoms with Crippen molar-refractivity contribution < 1.29 is 19.8 Å². The Morgan fingerprint density at radius 2 is 1.83 bits per heavy atom. The molecule has 0 fully saturated rings. The summed E-state index contributed by atoms with van der Waals surface area (Å²) in [5.41, 5.74) is 2.81. The van der Waals surface area contributed by atoms with E-state index in [-0.39, 0.29) is 21.5 Å². The topological polar surface area (TPSA) is 91.2 Å². The lowest BCUT2D eigenvalue weighted by atomic mass is 10.0. The maximum Gasteiger partial charge on any atom is 0.270 e. The maximum absolute atomic E-state index is 11.5. The van der Waals surface area contributed by atoms with E-state index in [2.05, 4.69) is 10.5 Å². The molecule has 0 saturated carbocycles. The number of carbonyl (C=O) groups excluding carboxylic acids is 1. The number of nitrogens with one attached hydrogen (secondary N) is 1. The summed E-state index contributed by atoms with van der Waals surface area (Å²) in [4.78, 5) is 11.5. The van der Waals surface area contributed by atoms with Crippen LogP contribution in [-0.4, -0.2) is 22.4 Å². The number of hydrogen-bond donors (Lipinski definition) is 3. The summed E-state index contributed by atoms with van der Waals surface area (Å²) in [7, 11) is 0. The molecule has 1 amide bonds. The van der Waals surface area contributed by atoms with Crippen LogP contribution in [0.1, 0.15) is 5.56 Å². The summed E-state index contributed by atoms with van der Waals surface area (Å²) in [6.07, 6.45) is 0.704. The molecule has 0 unspecified atom stereocenters. The molecule has 0 aromatic heterocycles. The van der Waals surface area contributed by atoms with Gasteiger partial charge in [0.2, 0.25) is 0 Å². The van der Waals surface area contributed by atoms with Crippen molar-refractivity contribution in [2.45, 2.75) is 6.92 Å². The van der Waals surface area contributed by atoms with Gasteiger partial charge in [0.15, 0.2) is 5.75 Å². The van der Waals surface area contributed by atoms with Crippen LogP contribution in [-0.2, 0) is 4.79 Å². The molecule has 0 aliphatic carbocycles. The molecule has 148 valence electrons. The number of ether oxygens (including phenoxy) is 1. The Labute approximate surface area is 177 Å². The van der Waals surface area contributed by atoms with E-state index in [1.165, 1.54) is 18.2 Å². The van der Waals surface area contributed by atoms with Crippen LogP contribution in [0.3, 0.4) is 0 Å². The number of rotatable bonds is 5. The van der Waals surface area contributed by atoms with E-state index in [0.29, 0.717) is 23.2 Å². The number of oxime groups is 1. The van der Waals surface area contributed by atoms with Crippen LogP contribution in [0.5, 0.6) is 17.2 Å². The van der Waals surface area contributed by atoms with Gasteiger partial charge in [-0.2, -0.15) is 0 Å². The SMILES string of the molecule is Cc1cccc(-c2cc(Oc3c(Cl)cc(NC(=O)/C=N/O)cc3Cl)ccc2O)c1. The van der Waals surface area contributed by atoms with E-state index in [9.17, 15) is 9.90 Å². The van der Waals surface area contributed by atoms with Gasteiger partial charge in [-0.1, -0.05) is 58.2 Å². The zero-order chi connectivity index (χ0) is 21.0. The molecule has 0 saturated heterocycles. The van der Waals surface area contributed by atoms with Crippen LogP contribution in [0, 0.1) is 6.92 Å². The largest absolute Gasteiger partial charge is 0.507 e. The van der Waals surface area contributed by atoms with E-state index in [0.717, 1.165) is 11.1 Å². The first-order chi connectivity index (χ1) is 13.9. The van der Waals surface area contributed by atoms with Gasteiger partial charge in [-0.3, -0.25) is 4.79 Å². The second kappa shape index (κ2) is 8.86. The Balaban J connectivity index is 1.90. The molecule has 0 aliphatic heterocycles. The molecule has 3 aromatic rings. The van der Waals surface area contributed by atoms with Gasteiger partial charge in [0, 0.05) is 11.3 Å². The number of phenols is 1. The van der Waals surface area contributed by atoms with Crippen LogP contribution in [0.2, 0.25) is 10.0 Å². The lowest BCUT2D eigenvalue weighted by Gasteiger charge is -2.13. The third-order valence-corrected chi connectivity index (χ3v) is 4.52. The smallest absolute Gasteiger partial charge is 0.270 e. The summed E-state index contributed by atoms with van der Waals surface area (Å²) in [5.74, 6) is 0.0914. The molecule has 6 nitrogen and oxygen atoms in total. The van der Waals surface area contributed by atoms with E-state index in [4.69, 9.17) is 33.1 Å². The van der Waals surface area contributed by atoms with Crippen LogP contribution in [0.25, 0.3) is 11.1 Å². The summed E-state index contributed by atoms with van der Waals surface area (Å²) < 4.78 is 5.84. The molecule has 3 aromatic carbocycles. The number of amides is 1. The molecule has 0 heterocycles. The minimum Gasteiger partial charge on any atom is -0.507 e. The third-order valence-electron chi connectivity index (χ3n) is 3.96. The number of benzene rings is 3. The second-order valence-corrected chi connectivity index (χ2v) is 6.97. The zero-order valence-electron chi connectivity index (χ0n) is 15.2. The molecule has 3 rings (SSSR count). The normalized spacial score (nSPS) is 10.9. The van der Waals surface area contributed by atoms with Gasteiger partial charge in [-0.15, -0.1) is 0 Å². The second-order valence-electron chi connectivity index (χ2n) is 6.15. The van der Waals surface area contributed by atoms with E-state index < -0.39 is 5.91 Å². The Kier molecular flexibility index (Phi) is 6.26. The van der Waals surface area contributed by atoms with Gasteiger partial charge in [0.25, 0.3) is 5.91 Å². The zero-order valence-corrected chi connectivity index (χ0v) is 16.7. The van der Waals surface area contributed by atoms with Crippen molar-refractivity contribution in [2.24, 2.45) is 5.16 Å². The quantitative estimate of drug-likeness (QED) is 0.268. The van der Waals surface area contributed by atoms with Crippen molar-refractivity contribution in [1.29, 1.82) is 0 Å². The fraction of sp³-hybridized carbons (Fsp3) is 0.0476. The minimum absolute atomic E-state index is 0.115. The highest BCUT2D eigenvalue weighted by molar-refractivity contribution is 6.38. The maximum atomic E-state index is 11.5. The molecule has 0 radical (unpaired) electrons. The van der Waals surface area contributed by atoms with Gasteiger partial charge in [-0.05, 0) is 42.8 Å². The lowest BCUT2D eigenvalue weighted by Crippen LogP contribution is -2.12. The molecular weight excluding hydrogens is 415 g/mol. The highest BCUT2D eigenvalue weighted by Gasteiger charge is 2.14. The molecule has 0 atom stereocenters. The average molecular weight is 431 g/mol. The highest BCUT2D eigenvalue weighted by Crippen LogP contribution is 2.41. The Bertz CT molecular complexity index is 1080. The van der Waals surface area contributed by atoms with E-state index in [1.54, 1.807) is 12.1 Å². The fourth-order valence-corrected chi connectivity index (χ4v) is 3.26. The Morgan fingerprint density at radius 3 is 2.48 bits per heavy atom. The molecule has 3 N–H and O–H groups in total. The number of phenolic OH excluding ortho intramolecular Hbond substituents is 1. The number of aryl methyl sites for hydroxylation is 1. The van der Waals surface area contributed by atoms with Crippen molar-refractivity contribution in [2.75, 3.05) is 5.32 Å². The number of nitrogens with zero attached hydrogens (tertiary/aromatic N) is 1. The first kappa shape index (κ1) is 20.5. The Hall–Kier alpha value is -3.22. The van der Waals surface area contributed by atoms with Crippen molar-refractivity contribution >= 4 is 41.0 Å². The number of aromatic hydroxyl groups is 1. The van der Waals surface area contributed by atoms with Crippen LogP contribution in [0.4, 0.5) is 5.69 Å². The standard InChI is InChI=1S/C21H16Cl2N2O4/c1-12-3-2-4-13(7-12)16-10-15(5-6-19(16)26)29-21-17(22)8-14(9-18(21)23)25-20(27)11-24-28/h2-11,26,28H,1H3,(H,25,27)/b24-11+. The predicted molar refractivity (Wildman–Crippen MR) is 114 cm³/mol. The van der Waals surface area contributed by atoms with Crippen molar-refractivity contribution in [3.05, 3.63) is 70.2 Å². The number of halogens is 2. The molecule has 8 heteroatoms. The van der Waals surface area contributed by atoms with Crippen LogP contribution < -0.4 is 10.1 Å². The van der Waals surface area contributed by atoms with Gasteiger partial charge in [0.1, 0.15) is 17.7 Å². The van der Waals surface area contributed by atoms with Crippen molar-refractivity contribution in [3.8, 4) is 28.4 Å². The summed E-state index contributed by atoms with van der Waals surface area (Å²) in [5, 5.41) is 24.1. The number of hydrogen-bond acceptors (Lipinski definition) is 5. The van der Waals surface area contributed by atoms with Crippen LogP contribution >= 0.6 is 23.2 Å². The fourth-order valence-electron chi connectivity index (χ4n) is 2.70. The van der Waals surface area contributed by atoms with Crippen molar-refractivity contribution in [1.82, 2.24) is 0 Å². The predicted octanol–water partition coefficient (Wildman–Crippen LogP) is 5.87. The highest BCUT2D eigenvalue weighted by atomic mass is 35.5. The van der Waals surface area contributed by atoms with Gasteiger partial charge in [0.05, 0.1) is 10.0 Å². The molecule has 0 bridgehead atoms. The van der Waals surface area contributed by atoms with Gasteiger partial charge < -0.3 is 20.4 Å². The molecule has 0 spiro atoms. The van der Waals surface area contributed by atoms with E-state index >= 15 is 0 Å². The summed E-state index contributed by atoms with van der Waals surface area (Å²) in [6, 6.07) is 15.4. The van der Waals surface area contributed by atoms with Crippen molar-refractivity contribution in [3.63, 3.8) is 0 Å². The molecule has 0 aliphatic rings. The lowest BCUT2D eigenvalue weighted by molar-refractivity contribution is -0.110. The molecule has 29 heavy (non-hydrogen) atoms. The van der Waals surface area contributed by atoms with Gasteiger partial charge in [-0.25, -0.2) is 0 Å². The number of anilines is 1. The van der Waals surface area contributed by atoms with Crippen LogP contribution in [0.15, 0.2) is 59.8 Å². The van der Waals surface area contributed by atoms with Gasteiger partial charge >= 0.3 is 0 Å². The first-order valence-corrected chi connectivity index (χ1v) is 9.18. The third kappa shape index (κ3) is 4.99. The molecular formula is C21H16Cl2N2O4. The van der Waals surface area contributed by atoms with E-state index in [1.807, 2.05) is 31.2 Å². The summed E-state index contributed by atoms with van der Waals surface area (Å²) >= 11 is 12.5. The monoisotopic (exact) mass is 430 g/mol. The minimum atomic E-state index is -0.644. The summed E-state index contributed by atoms with van der Waals surface area (Å²) in [6.45, 7) is 1.97. The number of carbonyl (C=O) groups is 1. The first-order valence-electron chi connectivity index (χ1n) is 8.42. The Morgan fingerprint density at radius 1 is 1.10 bits per heavy atom.